The van der Waals surface area contributed by atoms with Crippen molar-refractivity contribution in [3.05, 3.63) is 52.3 Å². The number of aliphatic imine (C=N–C) groups is 1. The lowest BCUT2D eigenvalue weighted by Gasteiger charge is -2.32. The Balaban J connectivity index is 1.82. The van der Waals surface area contributed by atoms with Crippen molar-refractivity contribution in [2.75, 3.05) is 12.4 Å². The molecule has 2 aliphatic heterocycles. The Hall–Kier alpha value is -1.73. The first kappa shape index (κ1) is 18.6. The average molecular weight is 448 g/mol. The fraction of sp³-hybridized carbons (Fsp3) is 0.400. The highest BCUT2D eigenvalue weighted by molar-refractivity contribution is 9.10. The number of nitrogens with zero attached hydrogens (tertiary/aromatic N) is 3. The normalized spacial score (nSPS) is 24.0. The molecule has 0 aliphatic carbocycles. The molecule has 7 heteroatoms. The summed E-state index contributed by atoms with van der Waals surface area (Å²) in [5.41, 5.74) is 2.03. The molecule has 1 aromatic carbocycles. The molecule has 5 nitrogen and oxygen atoms in total. The summed E-state index contributed by atoms with van der Waals surface area (Å²) >= 11 is 5.31. The highest BCUT2D eigenvalue weighted by atomic mass is 79.9. The van der Waals surface area contributed by atoms with E-state index in [1.54, 1.807) is 0 Å². The first-order valence-corrected chi connectivity index (χ1v) is 11.0. The van der Waals surface area contributed by atoms with Crippen molar-refractivity contribution in [3.63, 3.8) is 0 Å². The molecule has 0 spiro atoms. The van der Waals surface area contributed by atoms with E-state index in [0.29, 0.717) is 22.9 Å². The van der Waals surface area contributed by atoms with Crippen molar-refractivity contribution in [3.8, 4) is 11.5 Å². The monoisotopic (exact) mass is 447 g/mol. The topological polar surface area (TPSA) is 58.0 Å². The molecule has 1 aromatic heterocycles. The van der Waals surface area contributed by atoms with Gasteiger partial charge in [0.1, 0.15) is 6.04 Å². The number of phenols is 1. The minimum Gasteiger partial charge on any atom is -0.503 e. The summed E-state index contributed by atoms with van der Waals surface area (Å²) < 4.78 is 6.30. The number of ether oxygens (including phenoxy) is 1. The summed E-state index contributed by atoms with van der Waals surface area (Å²) in [6.07, 6.45) is 2.88. The Morgan fingerprint density at radius 1 is 1.33 bits per heavy atom. The van der Waals surface area contributed by atoms with Gasteiger partial charge in [0, 0.05) is 18.0 Å². The molecule has 0 bridgehead atoms. The molecule has 2 aliphatic rings. The number of fused-ring (bicyclic) bond motifs is 1. The van der Waals surface area contributed by atoms with Gasteiger partial charge in [-0.2, -0.15) is 0 Å². The van der Waals surface area contributed by atoms with E-state index in [2.05, 4.69) is 32.7 Å². The van der Waals surface area contributed by atoms with Gasteiger partial charge in [-0.15, -0.1) is 0 Å². The summed E-state index contributed by atoms with van der Waals surface area (Å²) in [5, 5.41) is 11.4. The van der Waals surface area contributed by atoms with Crippen molar-refractivity contribution >= 4 is 32.9 Å². The van der Waals surface area contributed by atoms with Gasteiger partial charge in [0.25, 0.3) is 0 Å². The molecule has 3 atom stereocenters. The predicted molar refractivity (Wildman–Crippen MR) is 113 cm³/mol. The van der Waals surface area contributed by atoms with E-state index in [0.717, 1.165) is 28.6 Å². The molecule has 0 unspecified atom stereocenters. The maximum Gasteiger partial charge on any atom is 0.172 e. The quantitative estimate of drug-likeness (QED) is 0.703. The second-order valence-electron chi connectivity index (χ2n) is 6.62. The number of pyridine rings is 1. The molecule has 2 aromatic rings. The molecule has 0 amide bonds. The molecule has 27 heavy (non-hydrogen) atoms. The average Bonchev–Trinajstić information content (AvgIpc) is 3.25. The number of amidine groups is 1. The Morgan fingerprint density at radius 2 is 2.19 bits per heavy atom. The minimum atomic E-state index is -0.0750. The fourth-order valence-electron chi connectivity index (χ4n) is 3.74. The van der Waals surface area contributed by atoms with Gasteiger partial charge in [-0.25, -0.2) is 0 Å². The third kappa shape index (κ3) is 3.31. The molecule has 142 valence electrons. The third-order valence-electron chi connectivity index (χ3n) is 5.02. The number of rotatable bonds is 5. The van der Waals surface area contributed by atoms with E-state index in [1.165, 1.54) is 0 Å². The zero-order valence-electron chi connectivity index (χ0n) is 15.3. The first-order chi connectivity index (χ1) is 13.1. The van der Waals surface area contributed by atoms with E-state index >= 15 is 0 Å². The lowest BCUT2D eigenvalue weighted by atomic mass is 9.95. The second-order valence-corrected chi connectivity index (χ2v) is 8.46. The molecule has 3 heterocycles. The molecular weight excluding hydrogens is 426 g/mol. The van der Waals surface area contributed by atoms with Crippen molar-refractivity contribution in [2.45, 2.75) is 38.4 Å². The smallest absolute Gasteiger partial charge is 0.172 e. The van der Waals surface area contributed by atoms with Crippen molar-refractivity contribution in [2.24, 2.45) is 4.99 Å². The summed E-state index contributed by atoms with van der Waals surface area (Å²) in [7, 11) is 0. The maximum absolute atomic E-state index is 10.3. The van der Waals surface area contributed by atoms with Gasteiger partial charge in [-0.1, -0.05) is 24.8 Å². The second kappa shape index (κ2) is 7.72. The van der Waals surface area contributed by atoms with Crippen molar-refractivity contribution in [1.29, 1.82) is 0 Å². The van der Waals surface area contributed by atoms with Gasteiger partial charge >= 0.3 is 0 Å². The minimum absolute atomic E-state index is 0.0333. The Morgan fingerprint density at radius 3 is 2.89 bits per heavy atom. The van der Waals surface area contributed by atoms with Crippen LogP contribution in [0.5, 0.6) is 11.5 Å². The number of halogens is 1. The van der Waals surface area contributed by atoms with Gasteiger partial charge in [0.2, 0.25) is 0 Å². The zero-order chi connectivity index (χ0) is 19.0. The SMILES string of the molecule is CCOc1cc([C@@H]2[C@@H](c3ccccn3)N=C3SC[C@@H](CC)N32)cc(Br)c1O. The molecule has 0 radical (unpaired) electrons. The Labute approximate surface area is 172 Å². The van der Waals surface area contributed by atoms with E-state index < -0.39 is 0 Å². The van der Waals surface area contributed by atoms with Crippen LogP contribution in [0.2, 0.25) is 0 Å². The van der Waals surface area contributed by atoms with Crippen LogP contribution in [-0.4, -0.2) is 38.6 Å². The summed E-state index contributed by atoms with van der Waals surface area (Å²) in [6.45, 7) is 4.63. The number of benzene rings is 1. The molecule has 1 fully saturated rings. The number of hydrogen-bond acceptors (Lipinski definition) is 6. The molecule has 1 N–H and O–H groups in total. The summed E-state index contributed by atoms with van der Waals surface area (Å²) in [5.74, 6) is 1.69. The van der Waals surface area contributed by atoms with Gasteiger partial charge < -0.3 is 14.7 Å². The number of thioether (sulfide) groups is 1. The van der Waals surface area contributed by atoms with Gasteiger partial charge in [-0.05, 0) is 59.1 Å². The standard InChI is InChI=1S/C20H22BrN3O2S/c1-3-13-11-27-20-23-17(15-7-5-6-8-22-15)18(24(13)20)12-9-14(21)19(25)16(10-12)26-4-2/h5-10,13,17-18,25H,3-4,11H2,1-2H3/t13-,17-,18-/m1/s1. The van der Waals surface area contributed by atoms with E-state index in [4.69, 9.17) is 9.73 Å². The van der Waals surface area contributed by atoms with Crippen LogP contribution in [0, 0.1) is 0 Å². The van der Waals surface area contributed by atoms with Crippen LogP contribution < -0.4 is 4.74 Å². The van der Waals surface area contributed by atoms with Crippen molar-refractivity contribution in [1.82, 2.24) is 9.88 Å². The lowest BCUT2D eigenvalue weighted by molar-refractivity contribution is 0.253. The van der Waals surface area contributed by atoms with E-state index in [1.807, 2.05) is 55.2 Å². The van der Waals surface area contributed by atoms with E-state index in [9.17, 15) is 5.11 Å². The number of aromatic nitrogens is 1. The predicted octanol–water partition coefficient (Wildman–Crippen LogP) is 4.93. The molecule has 4 rings (SSSR count). The maximum atomic E-state index is 10.3. The Bertz CT molecular complexity index is 862. The largest absolute Gasteiger partial charge is 0.503 e. The third-order valence-corrected chi connectivity index (χ3v) is 6.75. The van der Waals surface area contributed by atoms with Crippen molar-refractivity contribution < 1.29 is 9.84 Å². The molecule has 0 saturated carbocycles. The summed E-state index contributed by atoms with van der Waals surface area (Å²) in [6, 6.07) is 10.3. The van der Waals surface area contributed by atoms with Crippen LogP contribution >= 0.6 is 27.7 Å². The first-order valence-electron chi connectivity index (χ1n) is 9.19. The summed E-state index contributed by atoms with van der Waals surface area (Å²) in [4.78, 5) is 12.0. The van der Waals surface area contributed by atoms with Crippen LogP contribution in [-0.2, 0) is 0 Å². The van der Waals surface area contributed by atoms with Crippen LogP contribution in [0.15, 0.2) is 46.0 Å². The zero-order valence-corrected chi connectivity index (χ0v) is 17.7. The van der Waals surface area contributed by atoms with Crippen LogP contribution in [0.4, 0.5) is 0 Å². The Kier molecular flexibility index (Phi) is 5.32. The number of aromatic hydroxyl groups is 1. The number of phenolic OH excluding ortho intramolecular Hbond substituents is 1. The van der Waals surface area contributed by atoms with Crippen LogP contribution in [0.25, 0.3) is 0 Å². The highest BCUT2D eigenvalue weighted by Gasteiger charge is 2.45. The van der Waals surface area contributed by atoms with Gasteiger partial charge in [0.05, 0.1) is 22.8 Å². The lowest BCUT2D eigenvalue weighted by Crippen LogP contribution is -2.35. The highest BCUT2D eigenvalue weighted by Crippen LogP contribution is 2.50. The molecule has 1 saturated heterocycles. The number of hydrogen-bond donors (Lipinski definition) is 1. The van der Waals surface area contributed by atoms with Gasteiger partial charge in [0.15, 0.2) is 16.7 Å². The van der Waals surface area contributed by atoms with Crippen LogP contribution in [0.1, 0.15) is 43.6 Å². The van der Waals surface area contributed by atoms with Crippen LogP contribution in [0.3, 0.4) is 0 Å². The molecular formula is C20H22BrN3O2S. The fourth-order valence-corrected chi connectivity index (χ4v) is 5.54. The van der Waals surface area contributed by atoms with E-state index in [-0.39, 0.29) is 17.8 Å². The van der Waals surface area contributed by atoms with Gasteiger partial charge in [-0.3, -0.25) is 9.98 Å².